The summed E-state index contributed by atoms with van der Waals surface area (Å²) in [4.78, 5) is 13.9. The van der Waals surface area contributed by atoms with E-state index in [9.17, 15) is 4.79 Å². The molecule has 0 saturated heterocycles. The first kappa shape index (κ1) is 30.8. The van der Waals surface area contributed by atoms with Gasteiger partial charge < -0.3 is 9.47 Å². The minimum absolute atomic E-state index is 0.0598. The van der Waals surface area contributed by atoms with Gasteiger partial charge >= 0.3 is 5.97 Å². The van der Waals surface area contributed by atoms with Crippen LogP contribution in [0.25, 0.3) is 0 Å². The first-order valence-electron chi connectivity index (χ1n) is 15.5. The lowest BCUT2D eigenvalue weighted by Gasteiger charge is -2.36. The van der Waals surface area contributed by atoms with Crippen molar-refractivity contribution in [2.75, 3.05) is 6.61 Å². The van der Waals surface area contributed by atoms with Crippen LogP contribution >= 0.6 is 0 Å². The fourth-order valence-electron chi connectivity index (χ4n) is 6.35. The Hall–Kier alpha value is -3.69. The van der Waals surface area contributed by atoms with Gasteiger partial charge in [-0.25, -0.2) is 0 Å². The Morgan fingerprint density at radius 2 is 1.07 bits per heavy atom. The molecule has 0 amide bonds. The number of rotatable bonds is 8. The molecular weight excluding hydrogens is 528 g/mol. The standard InChI is InChI=1S/C40H46O3/c1-27-24-33(38(3,4)5)36(34(25-27)39(6,7)8)43-37(41)35-28(2)32(35)26-42-40(29-18-12-9-13-19-29,30-20-14-10-15-21-30)31-22-16-11-17-23-31/h9-25,28,32,35H,26H2,1-8H3. The zero-order valence-electron chi connectivity index (χ0n) is 27.0. The third-order valence-electron chi connectivity index (χ3n) is 8.92. The van der Waals surface area contributed by atoms with Gasteiger partial charge in [-0.1, -0.05) is 157 Å². The quantitative estimate of drug-likeness (QED) is 0.119. The lowest BCUT2D eigenvalue weighted by molar-refractivity contribution is -0.137. The highest BCUT2D eigenvalue weighted by atomic mass is 16.5. The number of esters is 1. The fourth-order valence-corrected chi connectivity index (χ4v) is 6.35. The van der Waals surface area contributed by atoms with Gasteiger partial charge in [-0.05, 0) is 46.3 Å². The zero-order chi connectivity index (χ0) is 31.0. The predicted molar refractivity (Wildman–Crippen MR) is 176 cm³/mol. The normalized spacial score (nSPS) is 18.7. The van der Waals surface area contributed by atoms with Crippen molar-refractivity contribution in [3.05, 3.63) is 137 Å². The number of hydrogen-bond acceptors (Lipinski definition) is 3. The molecule has 1 aliphatic rings. The molecule has 0 N–H and O–H groups in total. The first-order valence-corrected chi connectivity index (χ1v) is 15.5. The van der Waals surface area contributed by atoms with Gasteiger partial charge in [0, 0.05) is 11.1 Å². The second-order valence-electron chi connectivity index (χ2n) is 14.2. The number of benzene rings is 4. The highest BCUT2D eigenvalue weighted by Gasteiger charge is 2.54. The topological polar surface area (TPSA) is 35.5 Å². The molecule has 0 aliphatic heterocycles. The number of hydrogen-bond donors (Lipinski definition) is 0. The third kappa shape index (κ3) is 6.19. The highest BCUT2D eigenvalue weighted by Crippen LogP contribution is 2.51. The van der Waals surface area contributed by atoms with Crippen LogP contribution in [0.1, 0.15) is 81.8 Å². The summed E-state index contributed by atoms with van der Waals surface area (Å²) in [5.74, 6) is 0.563. The van der Waals surface area contributed by atoms with E-state index in [1.54, 1.807) is 0 Å². The van der Waals surface area contributed by atoms with Crippen LogP contribution in [-0.4, -0.2) is 12.6 Å². The Morgan fingerprint density at radius 3 is 1.44 bits per heavy atom. The van der Waals surface area contributed by atoms with Crippen molar-refractivity contribution in [2.45, 2.75) is 71.8 Å². The number of aryl methyl sites for hydroxylation is 1. The van der Waals surface area contributed by atoms with E-state index in [0.717, 1.165) is 33.6 Å². The van der Waals surface area contributed by atoms with Crippen LogP contribution in [0.4, 0.5) is 0 Å². The number of carbonyl (C=O) groups excluding carboxylic acids is 1. The molecule has 3 unspecified atom stereocenters. The smallest absolute Gasteiger partial charge is 0.315 e. The van der Waals surface area contributed by atoms with Crippen LogP contribution in [-0.2, 0) is 26.0 Å². The van der Waals surface area contributed by atoms with Crippen molar-refractivity contribution >= 4 is 5.97 Å². The van der Waals surface area contributed by atoms with E-state index < -0.39 is 5.60 Å². The summed E-state index contributed by atoms with van der Waals surface area (Å²) >= 11 is 0. The maximum atomic E-state index is 13.9. The molecule has 0 aromatic heterocycles. The van der Waals surface area contributed by atoms with Gasteiger partial charge in [0.25, 0.3) is 0 Å². The van der Waals surface area contributed by atoms with Gasteiger partial charge in [0.1, 0.15) is 11.4 Å². The summed E-state index contributed by atoms with van der Waals surface area (Å²) in [7, 11) is 0. The predicted octanol–water partition coefficient (Wildman–Crippen LogP) is 9.39. The van der Waals surface area contributed by atoms with Crippen LogP contribution in [0.3, 0.4) is 0 Å². The Kier molecular flexibility index (Phi) is 8.42. The molecule has 224 valence electrons. The van der Waals surface area contributed by atoms with Crippen LogP contribution < -0.4 is 4.74 Å². The molecule has 43 heavy (non-hydrogen) atoms. The zero-order valence-corrected chi connectivity index (χ0v) is 27.0. The van der Waals surface area contributed by atoms with Crippen molar-refractivity contribution in [3.63, 3.8) is 0 Å². The minimum Gasteiger partial charge on any atom is -0.426 e. The molecule has 5 rings (SSSR count). The second kappa shape index (κ2) is 11.8. The van der Waals surface area contributed by atoms with Gasteiger partial charge in [-0.3, -0.25) is 4.79 Å². The Morgan fingerprint density at radius 1 is 0.674 bits per heavy atom. The highest BCUT2D eigenvalue weighted by molar-refractivity contribution is 5.80. The lowest BCUT2D eigenvalue weighted by Crippen LogP contribution is -2.34. The minimum atomic E-state index is -0.809. The summed E-state index contributed by atoms with van der Waals surface area (Å²) in [6.45, 7) is 17.8. The molecule has 1 fully saturated rings. The van der Waals surface area contributed by atoms with E-state index in [1.165, 1.54) is 5.56 Å². The molecule has 0 radical (unpaired) electrons. The average molecular weight is 575 g/mol. The third-order valence-corrected chi connectivity index (χ3v) is 8.92. The lowest BCUT2D eigenvalue weighted by atomic mass is 9.78. The van der Waals surface area contributed by atoms with E-state index in [-0.39, 0.29) is 34.6 Å². The van der Waals surface area contributed by atoms with E-state index >= 15 is 0 Å². The molecule has 3 nitrogen and oxygen atoms in total. The van der Waals surface area contributed by atoms with E-state index in [4.69, 9.17) is 9.47 Å². The molecule has 0 heterocycles. The molecule has 0 spiro atoms. The maximum Gasteiger partial charge on any atom is 0.315 e. The van der Waals surface area contributed by atoms with Crippen LogP contribution in [0.15, 0.2) is 103 Å². The molecule has 1 saturated carbocycles. The SMILES string of the molecule is Cc1cc(C(C)(C)C)c(OC(=O)C2C(C)C2COC(c2ccccc2)(c2ccccc2)c2ccccc2)c(C(C)(C)C)c1. The van der Waals surface area contributed by atoms with Crippen molar-refractivity contribution in [3.8, 4) is 5.75 Å². The van der Waals surface area contributed by atoms with Crippen molar-refractivity contribution < 1.29 is 14.3 Å². The molecular formula is C40H46O3. The van der Waals surface area contributed by atoms with Crippen LogP contribution in [0.5, 0.6) is 5.75 Å². The molecule has 4 aromatic carbocycles. The molecule has 4 aromatic rings. The largest absolute Gasteiger partial charge is 0.426 e. The first-order chi connectivity index (χ1) is 20.3. The Balaban J connectivity index is 1.46. The summed E-state index contributed by atoms with van der Waals surface area (Å²) in [6, 6.07) is 35.5. The summed E-state index contributed by atoms with van der Waals surface area (Å²) < 4.78 is 13.5. The molecule has 3 heteroatoms. The maximum absolute atomic E-state index is 13.9. The molecule has 0 bridgehead atoms. The van der Waals surface area contributed by atoms with Crippen LogP contribution in [0, 0.1) is 24.7 Å². The molecule has 1 aliphatic carbocycles. The van der Waals surface area contributed by atoms with Gasteiger partial charge in [-0.2, -0.15) is 0 Å². The number of ether oxygens (including phenoxy) is 2. The Labute approximate surface area is 258 Å². The monoisotopic (exact) mass is 574 g/mol. The van der Waals surface area contributed by atoms with E-state index in [2.05, 4.69) is 140 Å². The van der Waals surface area contributed by atoms with Gasteiger partial charge in [0.05, 0.1) is 12.5 Å². The van der Waals surface area contributed by atoms with Gasteiger partial charge in [0.15, 0.2) is 0 Å². The van der Waals surface area contributed by atoms with E-state index in [1.807, 2.05) is 18.2 Å². The second-order valence-corrected chi connectivity index (χ2v) is 14.2. The average Bonchev–Trinajstić information content (AvgIpc) is 3.63. The van der Waals surface area contributed by atoms with Crippen molar-refractivity contribution in [2.24, 2.45) is 17.8 Å². The van der Waals surface area contributed by atoms with Crippen molar-refractivity contribution in [1.29, 1.82) is 0 Å². The summed E-state index contributed by atoms with van der Waals surface area (Å²) in [5.41, 5.74) is 5.36. The van der Waals surface area contributed by atoms with Crippen LogP contribution in [0.2, 0.25) is 0 Å². The van der Waals surface area contributed by atoms with Gasteiger partial charge in [0.2, 0.25) is 0 Å². The summed E-state index contributed by atoms with van der Waals surface area (Å²) in [6.07, 6.45) is 0. The Bertz CT molecular complexity index is 1410. The number of carbonyl (C=O) groups is 1. The van der Waals surface area contributed by atoms with E-state index in [0.29, 0.717) is 6.61 Å². The fraction of sp³-hybridized carbons (Fsp3) is 0.375. The summed E-state index contributed by atoms with van der Waals surface area (Å²) in [5, 5.41) is 0. The molecule has 3 atom stereocenters. The van der Waals surface area contributed by atoms with Gasteiger partial charge in [-0.15, -0.1) is 0 Å². The van der Waals surface area contributed by atoms with Crippen molar-refractivity contribution in [1.82, 2.24) is 0 Å².